The van der Waals surface area contributed by atoms with Gasteiger partial charge in [-0.15, -0.1) is 0 Å². The fourth-order valence-electron chi connectivity index (χ4n) is 9.49. The van der Waals surface area contributed by atoms with Gasteiger partial charge in [-0.2, -0.15) is 0 Å². The smallest absolute Gasteiger partial charge is 0.326 e. The fourth-order valence-corrected chi connectivity index (χ4v) is 9.49. The Kier molecular flexibility index (Phi) is 8.48. The van der Waals surface area contributed by atoms with Crippen LogP contribution in [0, 0.1) is 34.5 Å². The van der Waals surface area contributed by atoms with Crippen molar-refractivity contribution < 1.29 is 29.4 Å². The first-order valence-corrected chi connectivity index (χ1v) is 16.3. The van der Waals surface area contributed by atoms with Gasteiger partial charge in [-0.3, -0.25) is 9.59 Å². The lowest BCUT2D eigenvalue weighted by Gasteiger charge is -2.60. The number of H-pyrrole nitrogens is 1. The summed E-state index contributed by atoms with van der Waals surface area (Å²) in [5.41, 5.74) is 3.05. The molecule has 238 valence electrons. The van der Waals surface area contributed by atoms with Gasteiger partial charge in [-0.25, -0.2) is 4.79 Å². The molecular weight excluding hydrogens is 560 g/mol. The van der Waals surface area contributed by atoms with Crippen LogP contribution in [0.3, 0.4) is 0 Å². The van der Waals surface area contributed by atoms with E-state index in [0.29, 0.717) is 23.7 Å². The van der Waals surface area contributed by atoms with E-state index in [1.807, 2.05) is 24.3 Å². The number of rotatable bonds is 9. The number of carbonyl (C=O) groups excluding carboxylic acids is 2. The molecule has 44 heavy (non-hydrogen) atoms. The molecule has 5 N–H and O–H groups in total. The summed E-state index contributed by atoms with van der Waals surface area (Å²) in [6.45, 7) is 4.15. The number of hydrogen-bond acceptors (Lipinski definition) is 6. The molecule has 0 unspecified atom stereocenters. The van der Waals surface area contributed by atoms with Crippen LogP contribution < -0.4 is 10.6 Å². The van der Waals surface area contributed by atoms with Gasteiger partial charge in [0.1, 0.15) is 6.04 Å². The summed E-state index contributed by atoms with van der Waals surface area (Å²) in [6, 6.07) is 6.44. The Morgan fingerprint density at radius 1 is 1.05 bits per heavy atom. The number of carbonyl (C=O) groups is 3. The van der Waals surface area contributed by atoms with Crippen LogP contribution in [-0.4, -0.2) is 64.0 Å². The molecule has 1 aromatic heterocycles. The molecule has 1 heterocycles. The Hall–Kier alpha value is -3.40. The maximum absolute atomic E-state index is 12.5. The molecule has 1 aromatic carbocycles. The van der Waals surface area contributed by atoms with Crippen molar-refractivity contribution in [3.05, 3.63) is 36.0 Å². The van der Waals surface area contributed by atoms with Gasteiger partial charge in [0.05, 0.1) is 18.4 Å². The predicted octanol–water partition coefficient (Wildman–Crippen LogP) is 4.17. The summed E-state index contributed by atoms with van der Waals surface area (Å²) in [6.07, 6.45) is 11.4. The van der Waals surface area contributed by atoms with E-state index in [1.54, 1.807) is 6.20 Å². The normalized spacial score (nSPS) is 34.4. The van der Waals surface area contributed by atoms with Crippen molar-refractivity contribution in [3.8, 4) is 0 Å². The van der Waals surface area contributed by atoms with Crippen LogP contribution in [0.1, 0.15) is 77.2 Å². The van der Waals surface area contributed by atoms with Gasteiger partial charge in [0, 0.05) is 23.5 Å². The number of benzene rings is 1. The highest BCUT2D eigenvalue weighted by Crippen LogP contribution is 2.66. The third-order valence-corrected chi connectivity index (χ3v) is 12.0. The Bertz CT molecular complexity index is 1440. The van der Waals surface area contributed by atoms with Crippen LogP contribution in [0.25, 0.3) is 10.9 Å². The van der Waals surface area contributed by atoms with E-state index in [-0.39, 0.29) is 36.5 Å². The molecule has 2 amide bonds. The van der Waals surface area contributed by atoms with E-state index in [2.05, 4.69) is 34.6 Å². The van der Waals surface area contributed by atoms with Gasteiger partial charge in [0.2, 0.25) is 5.91 Å². The van der Waals surface area contributed by atoms with Crippen molar-refractivity contribution in [1.29, 1.82) is 0 Å². The molecule has 0 saturated heterocycles. The molecule has 6 rings (SSSR count). The zero-order chi connectivity index (χ0) is 31.1. The van der Waals surface area contributed by atoms with Crippen LogP contribution in [-0.2, 0) is 25.6 Å². The Morgan fingerprint density at radius 3 is 2.66 bits per heavy atom. The van der Waals surface area contributed by atoms with Crippen molar-refractivity contribution in [1.82, 2.24) is 15.6 Å². The van der Waals surface area contributed by atoms with Gasteiger partial charge in [0.15, 0.2) is 6.61 Å². The number of aliphatic hydroxyl groups excluding tert-OH is 1. The Morgan fingerprint density at radius 2 is 1.84 bits per heavy atom. The molecule has 4 aliphatic carbocycles. The fraction of sp³-hybridized carbons (Fsp3) is 0.647. The van der Waals surface area contributed by atoms with Crippen LogP contribution in [0.4, 0.5) is 0 Å². The SMILES string of the molecule is C[C@]12CC/C(=N\OCC(=O)NCC(=O)N[C@@H](Cc3c[nH]c4ccccc34)C(=O)O)C[C@@H]1CC[C@@H]1[C@@H]2CC[C@]2(C)[C@H](O)CC[C@@H]12. The molecule has 2 aromatic rings. The highest BCUT2D eigenvalue weighted by atomic mass is 16.6. The number of nitrogens with zero attached hydrogens (tertiary/aromatic N) is 1. The van der Waals surface area contributed by atoms with Crippen molar-refractivity contribution in [2.45, 2.75) is 90.2 Å². The third-order valence-electron chi connectivity index (χ3n) is 12.0. The van der Waals surface area contributed by atoms with Crippen molar-refractivity contribution in [3.63, 3.8) is 0 Å². The van der Waals surface area contributed by atoms with Crippen LogP contribution in [0.5, 0.6) is 0 Å². The maximum atomic E-state index is 12.5. The minimum Gasteiger partial charge on any atom is -0.480 e. The second-order valence-electron chi connectivity index (χ2n) is 14.2. The average Bonchev–Trinajstić information content (AvgIpc) is 3.55. The number of nitrogens with one attached hydrogen (secondary N) is 3. The number of aromatic amines is 1. The van der Waals surface area contributed by atoms with E-state index < -0.39 is 23.8 Å². The molecule has 10 nitrogen and oxygen atoms in total. The minimum atomic E-state index is -1.15. The van der Waals surface area contributed by atoms with E-state index >= 15 is 0 Å². The first-order chi connectivity index (χ1) is 21.1. The number of amides is 2. The number of oxime groups is 1. The van der Waals surface area contributed by atoms with E-state index in [9.17, 15) is 24.6 Å². The zero-order valence-corrected chi connectivity index (χ0v) is 25.8. The van der Waals surface area contributed by atoms with Gasteiger partial charge in [-0.1, -0.05) is 37.2 Å². The highest BCUT2D eigenvalue weighted by molar-refractivity contribution is 5.89. The largest absolute Gasteiger partial charge is 0.480 e. The predicted molar refractivity (Wildman–Crippen MR) is 166 cm³/mol. The monoisotopic (exact) mass is 606 g/mol. The molecule has 4 aliphatic rings. The third kappa shape index (κ3) is 5.73. The topological polar surface area (TPSA) is 153 Å². The number of para-hydroxylation sites is 1. The van der Waals surface area contributed by atoms with E-state index in [0.717, 1.165) is 60.7 Å². The average molecular weight is 607 g/mol. The van der Waals surface area contributed by atoms with Gasteiger partial charge in [-0.05, 0) is 104 Å². The lowest BCUT2D eigenvalue weighted by Crippen LogP contribution is -2.54. The molecule has 0 bridgehead atoms. The molecule has 0 aliphatic heterocycles. The van der Waals surface area contributed by atoms with E-state index in [1.165, 1.54) is 19.3 Å². The minimum absolute atomic E-state index is 0.0939. The Balaban J connectivity index is 0.951. The second-order valence-corrected chi connectivity index (χ2v) is 14.2. The molecule has 0 spiro atoms. The quantitative estimate of drug-likeness (QED) is 0.270. The summed E-state index contributed by atoms with van der Waals surface area (Å²) >= 11 is 0. The molecule has 10 heteroatoms. The second kappa shape index (κ2) is 12.2. The summed E-state index contributed by atoms with van der Waals surface area (Å²) in [7, 11) is 0. The number of hydrogen-bond donors (Lipinski definition) is 5. The van der Waals surface area contributed by atoms with E-state index in [4.69, 9.17) is 4.84 Å². The Labute approximate surface area is 258 Å². The summed E-state index contributed by atoms with van der Waals surface area (Å²) in [5, 5.41) is 30.6. The summed E-state index contributed by atoms with van der Waals surface area (Å²) in [4.78, 5) is 45.2. The molecule has 0 radical (unpaired) electrons. The van der Waals surface area contributed by atoms with Gasteiger partial charge >= 0.3 is 5.97 Å². The van der Waals surface area contributed by atoms with Crippen LogP contribution in [0.15, 0.2) is 35.6 Å². The standard InChI is InChI=1S/C34H46N4O6/c1-33-13-11-22(16-21(33)7-8-24-25-9-10-29(39)34(25,2)14-12-26(24)33)38-44-19-31(41)36-18-30(40)37-28(32(42)43)15-20-17-35-27-6-4-3-5-23(20)27/h3-6,17,21,24-26,28-29,35,39H,7-16,18-19H2,1-2H3,(H,36,41)(H,37,40)(H,42,43)/b38-22+/t21-,24-,25-,26-,28-,29+,33-,34-/m0/s1. The number of carboxylic acids is 1. The highest BCUT2D eigenvalue weighted by Gasteiger charge is 2.59. The van der Waals surface area contributed by atoms with Crippen molar-refractivity contribution in [2.75, 3.05) is 13.2 Å². The zero-order valence-electron chi connectivity index (χ0n) is 25.8. The first-order valence-electron chi connectivity index (χ1n) is 16.3. The maximum Gasteiger partial charge on any atom is 0.326 e. The summed E-state index contributed by atoms with van der Waals surface area (Å²) < 4.78 is 0. The lowest BCUT2D eigenvalue weighted by molar-refractivity contribution is -0.141. The van der Waals surface area contributed by atoms with Crippen molar-refractivity contribution >= 4 is 34.4 Å². The number of aliphatic carboxylic acids is 1. The lowest BCUT2D eigenvalue weighted by atomic mass is 9.45. The molecule has 8 atom stereocenters. The van der Waals surface area contributed by atoms with Gasteiger partial charge in [0.25, 0.3) is 5.91 Å². The molecule has 4 saturated carbocycles. The molecule has 4 fully saturated rings. The first kappa shape index (κ1) is 30.6. The van der Waals surface area contributed by atoms with Crippen molar-refractivity contribution in [2.24, 2.45) is 39.7 Å². The number of carboxylic acid groups (broad SMARTS) is 1. The number of aromatic nitrogens is 1. The van der Waals surface area contributed by atoms with Crippen LogP contribution in [0.2, 0.25) is 0 Å². The molecular formula is C34H46N4O6. The van der Waals surface area contributed by atoms with Gasteiger partial charge < -0.3 is 30.7 Å². The van der Waals surface area contributed by atoms with Crippen LogP contribution >= 0.6 is 0 Å². The number of aliphatic hydroxyl groups is 1. The number of fused-ring (bicyclic) bond motifs is 6. The summed E-state index contributed by atoms with van der Waals surface area (Å²) in [5.74, 6) is 0.383.